The van der Waals surface area contributed by atoms with Crippen molar-refractivity contribution >= 4 is 15.7 Å². The summed E-state index contributed by atoms with van der Waals surface area (Å²) in [7, 11) is -3.62. The Labute approximate surface area is 105 Å². The van der Waals surface area contributed by atoms with Crippen LogP contribution in [-0.4, -0.2) is 8.42 Å². The zero-order chi connectivity index (χ0) is 13.2. The molecule has 18 heavy (non-hydrogen) atoms. The van der Waals surface area contributed by atoms with Crippen LogP contribution in [0.3, 0.4) is 0 Å². The molecule has 94 valence electrons. The topological polar surface area (TPSA) is 46.2 Å². The van der Waals surface area contributed by atoms with Crippen LogP contribution in [0.15, 0.2) is 53.4 Å². The van der Waals surface area contributed by atoms with Crippen LogP contribution in [0, 0.1) is 12.7 Å². The molecule has 0 unspecified atom stereocenters. The van der Waals surface area contributed by atoms with Gasteiger partial charge in [-0.05, 0) is 42.8 Å². The second-order valence-electron chi connectivity index (χ2n) is 3.88. The van der Waals surface area contributed by atoms with Crippen molar-refractivity contribution < 1.29 is 12.8 Å². The lowest BCUT2D eigenvalue weighted by atomic mass is 10.2. The Kier molecular flexibility index (Phi) is 3.34. The fourth-order valence-electron chi connectivity index (χ4n) is 1.52. The van der Waals surface area contributed by atoms with Crippen LogP contribution in [0.5, 0.6) is 0 Å². The van der Waals surface area contributed by atoms with Gasteiger partial charge in [0.05, 0.1) is 4.90 Å². The van der Waals surface area contributed by atoms with E-state index in [0.717, 1.165) is 0 Å². The third kappa shape index (κ3) is 2.68. The molecule has 0 aromatic heterocycles. The Balaban J connectivity index is 2.31. The molecule has 0 atom stereocenters. The minimum atomic E-state index is -3.62. The molecule has 0 heterocycles. The van der Waals surface area contributed by atoms with Crippen LogP contribution in [-0.2, 0) is 10.0 Å². The Morgan fingerprint density at radius 1 is 1.06 bits per heavy atom. The van der Waals surface area contributed by atoms with E-state index in [1.165, 1.54) is 30.3 Å². The number of hydrogen-bond donors (Lipinski definition) is 1. The first-order valence-corrected chi connectivity index (χ1v) is 6.81. The van der Waals surface area contributed by atoms with Crippen LogP contribution in [0.2, 0.25) is 0 Å². The Bertz CT molecular complexity index is 654. The van der Waals surface area contributed by atoms with E-state index in [1.807, 2.05) is 0 Å². The van der Waals surface area contributed by atoms with Crippen molar-refractivity contribution in [3.05, 3.63) is 59.9 Å². The fraction of sp³-hybridized carbons (Fsp3) is 0.0769. The average Bonchev–Trinajstić information content (AvgIpc) is 2.35. The highest BCUT2D eigenvalue weighted by Gasteiger charge is 2.13. The molecule has 2 rings (SSSR count). The van der Waals surface area contributed by atoms with Crippen molar-refractivity contribution in [1.29, 1.82) is 0 Å². The molecule has 1 N–H and O–H groups in total. The van der Waals surface area contributed by atoms with Gasteiger partial charge in [-0.1, -0.05) is 18.2 Å². The Hall–Kier alpha value is -1.88. The van der Waals surface area contributed by atoms with Crippen molar-refractivity contribution in [3.63, 3.8) is 0 Å². The molecule has 3 nitrogen and oxygen atoms in total. The van der Waals surface area contributed by atoms with Gasteiger partial charge in [0.25, 0.3) is 10.0 Å². The number of aryl methyl sites for hydroxylation is 1. The molecule has 0 saturated heterocycles. The first-order chi connectivity index (χ1) is 8.49. The zero-order valence-electron chi connectivity index (χ0n) is 9.72. The van der Waals surface area contributed by atoms with Gasteiger partial charge in [-0.2, -0.15) is 0 Å². The summed E-state index contributed by atoms with van der Waals surface area (Å²) in [6.45, 7) is 1.58. The van der Waals surface area contributed by atoms with E-state index in [2.05, 4.69) is 4.72 Å². The quantitative estimate of drug-likeness (QED) is 0.927. The molecule has 5 heteroatoms. The maximum absolute atomic E-state index is 13.1. The minimum absolute atomic E-state index is 0.173. The standard InChI is InChI=1S/C13H12FNO2S/c1-10-9-11(7-8-13(10)14)15-18(16,17)12-5-3-2-4-6-12/h2-9,15H,1H3. The van der Waals surface area contributed by atoms with Gasteiger partial charge in [-0.25, -0.2) is 12.8 Å². The molecule has 0 spiro atoms. The van der Waals surface area contributed by atoms with Crippen LogP contribution in [0.4, 0.5) is 10.1 Å². The van der Waals surface area contributed by atoms with Gasteiger partial charge in [0.15, 0.2) is 0 Å². The lowest BCUT2D eigenvalue weighted by Crippen LogP contribution is -2.12. The third-order valence-corrected chi connectivity index (χ3v) is 3.86. The van der Waals surface area contributed by atoms with Gasteiger partial charge in [-0.15, -0.1) is 0 Å². The summed E-state index contributed by atoms with van der Waals surface area (Å²) >= 11 is 0. The van der Waals surface area contributed by atoms with E-state index < -0.39 is 10.0 Å². The van der Waals surface area contributed by atoms with E-state index in [-0.39, 0.29) is 10.7 Å². The predicted octanol–water partition coefficient (Wildman–Crippen LogP) is 2.93. The number of rotatable bonds is 3. The molecule has 0 amide bonds. The SMILES string of the molecule is Cc1cc(NS(=O)(=O)c2ccccc2)ccc1F. The molecule has 0 bridgehead atoms. The first kappa shape index (κ1) is 12.6. The second kappa shape index (κ2) is 4.78. The summed E-state index contributed by atoms with van der Waals surface area (Å²) in [6.07, 6.45) is 0. The number of sulfonamides is 1. The highest BCUT2D eigenvalue weighted by molar-refractivity contribution is 7.92. The van der Waals surface area contributed by atoms with E-state index in [9.17, 15) is 12.8 Å². The Morgan fingerprint density at radius 3 is 2.33 bits per heavy atom. The summed E-state index contributed by atoms with van der Waals surface area (Å²) in [5.74, 6) is -0.363. The van der Waals surface area contributed by atoms with E-state index in [1.54, 1.807) is 25.1 Å². The van der Waals surface area contributed by atoms with Gasteiger partial charge in [0, 0.05) is 5.69 Å². The maximum Gasteiger partial charge on any atom is 0.261 e. The summed E-state index contributed by atoms with van der Waals surface area (Å²) < 4.78 is 39.5. The molecule has 0 aliphatic heterocycles. The normalized spacial score (nSPS) is 11.2. The molecular formula is C13H12FNO2S. The number of anilines is 1. The lowest BCUT2D eigenvalue weighted by molar-refractivity contribution is 0.601. The fourth-order valence-corrected chi connectivity index (χ4v) is 2.59. The zero-order valence-corrected chi connectivity index (χ0v) is 10.5. The second-order valence-corrected chi connectivity index (χ2v) is 5.56. The molecule has 0 aliphatic carbocycles. The van der Waals surface area contributed by atoms with Crippen LogP contribution < -0.4 is 4.72 Å². The molecule has 2 aromatic carbocycles. The highest BCUT2D eigenvalue weighted by Crippen LogP contribution is 2.18. The molecular weight excluding hydrogens is 253 g/mol. The average molecular weight is 265 g/mol. The highest BCUT2D eigenvalue weighted by atomic mass is 32.2. The summed E-state index contributed by atoms with van der Waals surface area (Å²) in [5, 5.41) is 0. The van der Waals surface area contributed by atoms with Gasteiger partial charge < -0.3 is 0 Å². The van der Waals surface area contributed by atoms with Crippen LogP contribution in [0.25, 0.3) is 0 Å². The monoisotopic (exact) mass is 265 g/mol. The largest absolute Gasteiger partial charge is 0.280 e. The predicted molar refractivity (Wildman–Crippen MR) is 68.4 cm³/mol. The van der Waals surface area contributed by atoms with E-state index >= 15 is 0 Å². The van der Waals surface area contributed by atoms with Crippen molar-refractivity contribution in [3.8, 4) is 0 Å². The van der Waals surface area contributed by atoms with Crippen LogP contribution in [0.1, 0.15) is 5.56 Å². The Morgan fingerprint density at radius 2 is 1.72 bits per heavy atom. The van der Waals surface area contributed by atoms with Gasteiger partial charge >= 0.3 is 0 Å². The number of hydrogen-bond acceptors (Lipinski definition) is 2. The lowest BCUT2D eigenvalue weighted by Gasteiger charge is -2.08. The summed E-state index contributed by atoms with van der Waals surface area (Å²) in [4.78, 5) is 0.173. The molecule has 0 fully saturated rings. The summed E-state index contributed by atoms with van der Waals surface area (Å²) in [5.41, 5.74) is 0.737. The van der Waals surface area contributed by atoms with Crippen molar-refractivity contribution in [2.45, 2.75) is 11.8 Å². The van der Waals surface area contributed by atoms with Gasteiger partial charge in [-0.3, -0.25) is 4.72 Å². The minimum Gasteiger partial charge on any atom is -0.280 e. The van der Waals surface area contributed by atoms with Gasteiger partial charge in [0.1, 0.15) is 5.82 Å². The molecule has 0 saturated carbocycles. The van der Waals surface area contributed by atoms with E-state index in [4.69, 9.17) is 0 Å². The smallest absolute Gasteiger partial charge is 0.261 e. The molecule has 0 radical (unpaired) electrons. The molecule has 2 aromatic rings. The van der Waals surface area contributed by atoms with Crippen molar-refractivity contribution in [2.75, 3.05) is 4.72 Å². The number of halogens is 1. The number of nitrogens with one attached hydrogen (secondary N) is 1. The molecule has 0 aliphatic rings. The van der Waals surface area contributed by atoms with Gasteiger partial charge in [0.2, 0.25) is 0 Å². The van der Waals surface area contributed by atoms with Crippen molar-refractivity contribution in [2.24, 2.45) is 0 Å². The summed E-state index contributed by atoms with van der Waals surface area (Å²) in [6, 6.07) is 12.1. The first-order valence-electron chi connectivity index (χ1n) is 5.33. The third-order valence-electron chi connectivity index (χ3n) is 2.46. The number of benzene rings is 2. The van der Waals surface area contributed by atoms with Crippen LogP contribution >= 0.6 is 0 Å². The maximum atomic E-state index is 13.1. The van der Waals surface area contributed by atoms with Crippen molar-refractivity contribution in [1.82, 2.24) is 0 Å². The van der Waals surface area contributed by atoms with E-state index in [0.29, 0.717) is 11.3 Å².